The molecule has 0 spiro atoms. The molecule has 0 unspecified atom stereocenters. The van der Waals surface area contributed by atoms with E-state index >= 15 is 0 Å². The van der Waals surface area contributed by atoms with Crippen LogP contribution in [0.1, 0.15) is 23.2 Å². The lowest BCUT2D eigenvalue weighted by Gasteiger charge is -2.31. The number of carbonyl (C=O) groups is 2. The van der Waals surface area contributed by atoms with E-state index in [4.69, 9.17) is 0 Å². The van der Waals surface area contributed by atoms with Gasteiger partial charge in [-0.25, -0.2) is 8.42 Å². The second-order valence-corrected chi connectivity index (χ2v) is 9.79. The van der Waals surface area contributed by atoms with Crippen LogP contribution in [0.15, 0.2) is 57.9 Å². The minimum atomic E-state index is -3.26. The molecule has 28 heavy (non-hydrogen) atoms. The number of piperidine rings is 1. The second kappa shape index (κ2) is 8.45. The van der Waals surface area contributed by atoms with Crippen LogP contribution in [0.5, 0.6) is 0 Å². The van der Waals surface area contributed by atoms with Crippen LogP contribution in [0, 0.1) is 5.92 Å². The zero-order valence-electron chi connectivity index (χ0n) is 15.4. The molecule has 1 aliphatic heterocycles. The van der Waals surface area contributed by atoms with E-state index in [1.165, 1.54) is 12.1 Å². The maximum absolute atomic E-state index is 12.6. The number of rotatable bonds is 4. The summed E-state index contributed by atoms with van der Waals surface area (Å²) in [5.74, 6) is -0.311. The zero-order chi connectivity index (χ0) is 20.3. The molecule has 0 radical (unpaired) electrons. The number of amides is 2. The molecular formula is C20H21BrN2O4S. The van der Waals surface area contributed by atoms with Gasteiger partial charge >= 0.3 is 0 Å². The predicted octanol–water partition coefficient (Wildman–Crippen LogP) is 3.34. The van der Waals surface area contributed by atoms with Crippen LogP contribution in [0.2, 0.25) is 0 Å². The zero-order valence-corrected chi connectivity index (χ0v) is 17.8. The van der Waals surface area contributed by atoms with E-state index in [0.717, 1.165) is 10.7 Å². The van der Waals surface area contributed by atoms with E-state index < -0.39 is 9.84 Å². The molecule has 1 fully saturated rings. The van der Waals surface area contributed by atoms with Crippen LogP contribution in [-0.4, -0.2) is 44.5 Å². The Kier molecular flexibility index (Phi) is 6.20. The summed E-state index contributed by atoms with van der Waals surface area (Å²) < 4.78 is 23.9. The molecule has 0 aromatic heterocycles. The van der Waals surface area contributed by atoms with Gasteiger partial charge in [-0.05, 0) is 61.4 Å². The number of anilines is 1. The summed E-state index contributed by atoms with van der Waals surface area (Å²) in [6.07, 6.45) is 2.33. The van der Waals surface area contributed by atoms with Gasteiger partial charge in [0.25, 0.3) is 5.91 Å². The molecule has 1 N–H and O–H groups in total. The van der Waals surface area contributed by atoms with Crippen molar-refractivity contribution in [2.45, 2.75) is 17.7 Å². The number of nitrogens with zero attached hydrogens (tertiary/aromatic N) is 1. The normalized spacial score (nSPS) is 15.3. The Labute approximate surface area is 173 Å². The molecule has 148 valence electrons. The van der Waals surface area contributed by atoms with Gasteiger partial charge in [-0.2, -0.15) is 0 Å². The van der Waals surface area contributed by atoms with Crippen LogP contribution in [-0.2, 0) is 14.6 Å². The highest BCUT2D eigenvalue weighted by Crippen LogP contribution is 2.22. The van der Waals surface area contributed by atoms with Crippen LogP contribution < -0.4 is 5.32 Å². The smallest absolute Gasteiger partial charge is 0.253 e. The van der Waals surface area contributed by atoms with Gasteiger partial charge in [-0.15, -0.1) is 0 Å². The average molecular weight is 465 g/mol. The lowest BCUT2D eigenvalue weighted by molar-refractivity contribution is -0.121. The fourth-order valence-corrected chi connectivity index (χ4v) is 4.04. The molecule has 8 heteroatoms. The summed E-state index contributed by atoms with van der Waals surface area (Å²) in [4.78, 5) is 27.0. The second-order valence-electron chi connectivity index (χ2n) is 6.86. The van der Waals surface area contributed by atoms with Gasteiger partial charge in [0.2, 0.25) is 5.91 Å². The van der Waals surface area contributed by atoms with Crippen molar-refractivity contribution >= 4 is 43.3 Å². The topological polar surface area (TPSA) is 83.6 Å². The molecule has 6 nitrogen and oxygen atoms in total. The fraction of sp³-hybridized carbons (Fsp3) is 0.300. The molecule has 0 atom stereocenters. The molecule has 1 aliphatic rings. The number of likely N-dealkylation sites (tertiary alicyclic amines) is 1. The van der Waals surface area contributed by atoms with E-state index in [2.05, 4.69) is 21.2 Å². The van der Waals surface area contributed by atoms with Crippen LogP contribution in [0.3, 0.4) is 0 Å². The Hall–Kier alpha value is -2.19. The number of hydrogen-bond acceptors (Lipinski definition) is 4. The Morgan fingerprint density at radius 3 is 2.11 bits per heavy atom. The van der Waals surface area contributed by atoms with Crippen LogP contribution in [0.4, 0.5) is 5.69 Å². The maximum Gasteiger partial charge on any atom is 0.253 e. The standard InChI is InChI=1S/C20H21BrN2O4S/c1-28(26,27)18-8-6-17(7-9-18)22-19(24)14-10-12-23(13-11-14)20(25)15-2-4-16(21)5-3-15/h2-9,14H,10-13H2,1H3,(H,22,24). The van der Waals surface area contributed by atoms with Gasteiger partial charge in [0.1, 0.15) is 0 Å². The number of halogens is 1. The first-order valence-electron chi connectivity index (χ1n) is 8.90. The van der Waals surface area contributed by atoms with Crippen molar-refractivity contribution in [1.29, 1.82) is 0 Å². The van der Waals surface area contributed by atoms with Gasteiger partial charge in [-0.3, -0.25) is 9.59 Å². The molecule has 2 aromatic carbocycles. The largest absolute Gasteiger partial charge is 0.339 e. The van der Waals surface area contributed by atoms with Gasteiger partial charge < -0.3 is 10.2 Å². The minimum Gasteiger partial charge on any atom is -0.339 e. The summed E-state index contributed by atoms with van der Waals surface area (Å²) in [7, 11) is -3.26. The van der Waals surface area contributed by atoms with Crippen molar-refractivity contribution in [2.75, 3.05) is 24.7 Å². The van der Waals surface area contributed by atoms with E-state index in [1.54, 1.807) is 29.2 Å². The van der Waals surface area contributed by atoms with Gasteiger partial charge in [0.15, 0.2) is 9.84 Å². The average Bonchev–Trinajstić information content (AvgIpc) is 2.68. The minimum absolute atomic E-state index is 0.0253. The third-order valence-corrected chi connectivity index (χ3v) is 6.45. The first-order chi connectivity index (χ1) is 13.2. The Bertz CT molecular complexity index is 964. The van der Waals surface area contributed by atoms with Crippen molar-refractivity contribution < 1.29 is 18.0 Å². The van der Waals surface area contributed by atoms with Crippen LogP contribution >= 0.6 is 15.9 Å². The Balaban J connectivity index is 1.55. The molecule has 3 rings (SSSR count). The quantitative estimate of drug-likeness (QED) is 0.751. The third kappa shape index (κ3) is 4.99. The Morgan fingerprint density at radius 2 is 1.57 bits per heavy atom. The summed E-state index contributed by atoms with van der Waals surface area (Å²) in [6, 6.07) is 13.4. The van der Waals surface area contributed by atoms with E-state index in [1.807, 2.05) is 12.1 Å². The SMILES string of the molecule is CS(=O)(=O)c1ccc(NC(=O)C2CCN(C(=O)c3ccc(Br)cc3)CC2)cc1. The van der Waals surface area contributed by atoms with Crippen molar-refractivity contribution in [3.05, 3.63) is 58.6 Å². The van der Waals surface area contributed by atoms with Crippen molar-refractivity contribution in [3.63, 3.8) is 0 Å². The number of sulfone groups is 1. The first-order valence-corrected chi connectivity index (χ1v) is 11.6. The summed E-state index contributed by atoms with van der Waals surface area (Å²) in [6.45, 7) is 1.06. The molecule has 1 saturated heterocycles. The van der Waals surface area contributed by atoms with Crippen molar-refractivity contribution in [2.24, 2.45) is 5.92 Å². The third-order valence-electron chi connectivity index (χ3n) is 4.79. The van der Waals surface area contributed by atoms with E-state index in [0.29, 0.717) is 37.2 Å². The molecule has 0 bridgehead atoms. The Morgan fingerprint density at radius 1 is 1.00 bits per heavy atom. The van der Waals surface area contributed by atoms with Crippen molar-refractivity contribution in [3.8, 4) is 0 Å². The van der Waals surface area contributed by atoms with E-state index in [9.17, 15) is 18.0 Å². The first kappa shape index (κ1) is 20.5. The number of nitrogens with one attached hydrogen (secondary N) is 1. The maximum atomic E-state index is 12.6. The molecule has 1 heterocycles. The molecule has 2 amide bonds. The number of benzene rings is 2. The summed E-state index contributed by atoms with van der Waals surface area (Å²) in [5.41, 5.74) is 1.20. The highest BCUT2D eigenvalue weighted by molar-refractivity contribution is 9.10. The summed E-state index contributed by atoms with van der Waals surface area (Å²) in [5, 5.41) is 2.83. The van der Waals surface area contributed by atoms with Crippen LogP contribution in [0.25, 0.3) is 0 Å². The molecule has 0 saturated carbocycles. The van der Waals surface area contributed by atoms with Gasteiger partial charge in [0, 0.05) is 41.0 Å². The number of carbonyl (C=O) groups excluding carboxylic acids is 2. The van der Waals surface area contributed by atoms with E-state index in [-0.39, 0.29) is 22.6 Å². The monoisotopic (exact) mass is 464 g/mol. The van der Waals surface area contributed by atoms with Gasteiger partial charge in [0.05, 0.1) is 4.90 Å². The molecule has 0 aliphatic carbocycles. The number of hydrogen-bond donors (Lipinski definition) is 1. The lowest BCUT2D eigenvalue weighted by atomic mass is 9.95. The van der Waals surface area contributed by atoms with Gasteiger partial charge in [-0.1, -0.05) is 15.9 Å². The van der Waals surface area contributed by atoms with Crippen molar-refractivity contribution in [1.82, 2.24) is 4.90 Å². The lowest BCUT2D eigenvalue weighted by Crippen LogP contribution is -2.41. The molecular weight excluding hydrogens is 444 g/mol. The summed E-state index contributed by atoms with van der Waals surface area (Å²) >= 11 is 3.36. The fourth-order valence-electron chi connectivity index (χ4n) is 3.15. The highest BCUT2D eigenvalue weighted by Gasteiger charge is 2.28. The highest BCUT2D eigenvalue weighted by atomic mass is 79.9. The molecule has 2 aromatic rings. The predicted molar refractivity (Wildman–Crippen MR) is 111 cm³/mol.